The van der Waals surface area contributed by atoms with Gasteiger partial charge < -0.3 is 9.30 Å². The van der Waals surface area contributed by atoms with Crippen LogP contribution in [0.3, 0.4) is 0 Å². The van der Waals surface area contributed by atoms with E-state index in [2.05, 4.69) is 63.1 Å². The van der Waals surface area contributed by atoms with Crippen molar-refractivity contribution in [1.29, 1.82) is 0 Å². The monoisotopic (exact) mass is 395 g/mol. The maximum Gasteiger partial charge on any atom is 0.127 e. The highest BCUT2D eigenvalue weighted by Gasteiger charge is 2.27. The van der Waals surface area contributed by atoms with Crippen molar-refractivity contribution >= 4 is 0 Å². The first kappa shape index (κ1) is 18.6. The summed E-state index contributed by atoms with van der Waals surface area (Å²) < 4.78 is 8.52. The van der Waals surface area contributed by atoms with Crippen LogP contribution in [0.5, 0.6) is 11.5 Å². The highest BCUT2D eigenvalue weighted by atomic mass is 16.5. The highest BCUT2D eigenvalue weighted by Crippen LogP contribution is 2.35. The third-order valence-corrected chi connectivity index (χ3v) is 5.64. The second-order valence-corrected chi connectivity index (χ2v) is 7.70. The van der Waals surface area contributed by atoms with E-state index in [0.717, 1.165) is 37.6 Å². The third-order valence-electron chi connectivity index (χ3n) is 5.64. The van der Waals surface area contributed by atoms with Crippen molar-refractivity contribution < 1.29 is 4.74 Å². The molecule has 0 spiro atoms. The quantitative estimate of drug-likeness (QED) is 0.436. The van der Waals surface area contributed by atoms with E-state index in [1.54, 1.807) is 0 Å². The molecule has 0 saturated carbocycles. The molecule has 5 rings (SSSR count). The summed E-state index contributed by atoms with van der Waals surface area (Å²) in [6.45, 7) is 2.98. The molecular weight excluding hydrogens is 370 g/mol. The summed E-state index contributed by atoms with van der Waals surface area (Å²) in [5.74, 6) is 1.72. The van der Waals surface area contributed by atoms with Crippen LogP contribution < -0.4 is 4.74 Å². The zero-order chi connectivity index (χ0) is 20.2. The van der Waals surface area contributed by atoms with Crippen LogP contribution in [0.25, 0.3) is 0 Å². The minimum Gasteiger partial charge on any atom is -0.457 e. The molecule has 0 N–H and O–H groups in total. The number of aromatic nitrogens is 2. The van der Waals surface area contributed by atoms with E-state index < -0.39 is 0 Å². The van der Waals surface area contributed by atoms with Gasteiger partial charge in [0.1, 0.15) is 11.5 Å². The number of fused-ring (bicyclic) bond motifs is 1. The summed E-state index contributed by atoms with van der Waals surface area (Å²) in [4.78, 5) is 6.74. The first-order chi connectivity index (χ1) is 14.9. The standard InChI is InChI=1S/C26H25N3O/c1-2-8-23(9-3-1)30-24-10-4-7-22(19-24)26-25-11-5-16-28(25)17-6-18-29(26)20-21-12-14-27-15-13-21/h1-5,7-16,19,26H,6,17-18,20H2. The Hall–Kier alpha value is -3.37. The average Bonchev–Trinajstić information content (AvgIpc) is 3.17. The lowest BCUT2D eigenvalue weighted by Gasteiger charge is -2.31. The van der Waals surface area contributed by atoms with E-state index in [1.807, 2.05) is 48.8 Å². The minimum absolute atomic E-state index is 0.176. The number of benzene rings is 2. The maximum absolute atomic E-state index is 6.13. The molecular formula is C26H25N3O. The van der Waals surface area contributed by atoms with Gasteiger partial charge in [-0.15, -0.1) is 0 Å². The lowest BCUT2D eigenvalue weighted by atomic mass is 10.0. The number of aryl methyl sites for hydroxylation is 1. The zero-order valence-electron chi connectivity index (χ0n) is 16.9. The largest absolute Gasteiger partial charge is 0.457 e. The van der Waals surface area contributed by atoms with Crippen molar-refractivity contribution in [2.24, 2.45) is 0 Å². The molecule has 0 saturated heterocycles. The van der Waals surface area contributed by atoms with Crippen molar-refractivity contribution in [2.75, 3.05) is 6.54 Å². The Morgan fingerprint density at radius 3 is 2.53 bits per heavy atom. The summed E-state index contributed by atoms with van der Waals surface area (Å²) in [5.41, 5.74) is 3.87. The van der Waals surface area contributed by atoms with E-state index in [9.17, 15) is 0 Å². The summed E-state index contributed by atoms with van der Waals surface area (Å²) in [7, 11) is 0. The van der Waals surface area contributed by atoms with Crippen LogP contribution in [0, 0.1) is 0 Å². The molecule has 4 aromatic rings. The molecule has 150 valence electrons. The lowest BCUT2D eigenvalue weighted by Crippen LogP contribution is -2.29. The molecule has 4 heteroatoms. The summed E-state index contributed by atoms with van der Waals surface area (Å²) in [5, 5.41) is 0. The topological polar surface area (TPSA) is 30.3 Å². The van der Waals surface area contributed by atoms with Gasteiger partial charge in [0.15, 0.2) is 0 Å². The van der Waals surface area contributed by atoms with Gasteiger partial charge in [0.2, 0.25) is 0 Å². The number of hydrogen-bond acceptors (Lipinski definition) is 3. The zero-order valence-corrected chi connectivity index (χ0v) is 16.9. The average molecular weight is 396 g/mol. The second-order valence-electron chi connectivity index (χ2n) is 7.70. The highest BCUT2D eigenvalue weighted by molar-refractivity contribution is 5.38. The van der Waals surface area contributed by atoms with Crippen molar-refractivity contribution in [3.05, 3.63) is 114 Å². The number of hydrogen-bond donors (Lipinski definition) is 0. The second kappa shape index (κ2) is 8.56. The van der Waals surface area contributed by atoms with Crippen molar-refractivity contribution in [3.8, 4) is 11.5 Å². The molecule has 1 aliphatic rings. The lowest BCUT2D eigenvalue weighted by molar-refractivity contribution is 0.220. The van der Waals surface area contributed by atoms with Crippen LogP contribution in [0.2, 0.25) is 0 Å². The van der Waals surface area contributed by atoms with E-state index in [0.29, 0.717) is 0 Å². The molecule has 2 aromatic heterocycles. The molecule has 0 radical (unpaired) electrons. The Balaban J connectivity index is 1.51. The van der Waals surface area contributed by atoms with E-state index >= 15 is 0 Å². The summed E-state index contributed by atoms with van der Waals surface area (Å²) in [6, 6.07) is 27.3. The van der Waals surface area contributed by atoms with Crippen LogP contribution in [0.15, 0.2) is 97.5 Å². The Morgan fingerprint density at radius 2 is 1.67 bits per heavy atom. The fraction of sp³-hybridized carbons (Fsp3) is 0.192. The van der Waals surface area contributed by atoms with Gasteiger partial charge in [0.05, 0.1) is 6.04 Å². The summed E-state index contributed by atoms with van der Waals surface area (Å²) in [6.07, 6.45) is 7.07. The van der Waals surface area contributed by atoms with Gasteiger partial charge in [0.25, 0.3) is 0 Å². The first-order valence-electron chi connectivity index (χ1n) is 10.5. The van der Waals surface area contributed by atoms with Gasteiger partial charge in [-0.1, -0.05) is 30.3 Å². The fourth-order valence-corrected chi connectivity index (χ4v) is 4.29. The molecule has 4 nitrogen and oxygen atoms in total. The van der Waals surface area contributed by atoms with Crippen molar-refractivity contribution in [3.63, 3.8) is 0 Å². The molecule has 0 aliphatic carbocycles. The van der Waals surface area contributed by atoms with Crippen LogP contribution in [-0.4, -0.2) is 21.0 Å². The van der Waals surface area contributed by atoms with Gasteiger partial charge >= 0.3 is 0 Å². The number of ether oxygens (including phenoxy) is 1. The Labute approximate surface area is 177 Å². The SMILES string of the molecule is c1ccc(Oc2cccc(C3c4cccn4CCCN3Cc3ccncc3)c2)cc1. The minimum atomic E-state index is 0.176. The van der Waals surface area contributed by atoms with Crippen LogP contribution in [0.1, 0.15) is 29.3 Å². The first-order valence-corrected chi connectivity index (χ1v) is 10.5. The summed E-state index contributed by atoms with van der Waals surface area (Å²) >= 11 is 0. The predicted molar refractivity (Wildman–Crippen MR) is 118 cm³/mol. The number of pyridine rings is 1. The Morgan fingerprint density at radius 1 is 0.833 bits per heavy atom. The van der Waals surface area contributed by atoms with Gasteiger partial charge in [-0.2, -0.15) is 0 Å². The molecule has 30 heavy (non-hydrogen) atoms. The third kappa shape index (κ3) is 4.00. The van der Waals surface area contributed by atoms with Gasteiger partial charge in [-0.3, -0.25) is 9.88 Å². The smallest absolute Gasteiger partial charge is 0.127 e. The molecule has 0 fully saturated rings. The maximum atomic E-state index is 6.13. The van der Waals surface area contributed by atoms with E-state index in [4.69, 9.17) is 4.74 Å². The molecule has 1 aliphatic heterocycles. The molecule has 2 aromatic carbocycles. The van der Waals surface area contributed by atoms with Crippen LogP contribution in [-0.2, 0) is 13.1 Å². The molecule has 0 bridgehead atoms. The Kier molecular flexibility index (Phi) is 5.32. The van der Waals surface area contributed by atoms with Gasteiger partial charge in [-0.25, -0.2) is 0 Å². The normalized spacial score (nSPS) is 16.6. The van der Waals surface area contributed by atoms with Crippen molar-refractivity contribution in [2.45, 2.75) is 25.6 Å². The van der Waals surface area contributed by atoms with Crippen LogP contribution in [0.4, 0.5) is 0 Å². The van der Waals surface area contributed by atoms with E-state index in [1.165, 1.54) is 16.8 Å². The van der Waals surface area contributed by atoms with E-state index in [-0.39, 0.29) is 6.04 Å². The number of rotatable bonds is 5. The molecule has 3 heterocycles. The Bertz CT molecular complexity index is 1090. The van der Waals surface area contributed by atoms with Crippen molar-refractivity contribution in [1.82, 2.24) is 14.5 Å². The molecule has 1 atom stereocenters. The fourth-order valence-electron chi connectivity index (χ4n) is 4.29. The molecule has 1 unspecified atom stereocenters. The van der Waals surface area contributed by atoms with Gasteiger partial charge in [-0.05, 0) is 66.1 Å². The predicted octanol–water partition coefficient (Wildman–Crippen LogP) is 5.67. The van der Waals surface area contributed by atoms with Gasteiger partial charge in [0, 0.05) is 43.9 Å². The molecule has 0 amide bonds. The van der Waals surface area contributed by atoms with Crippen LogP contribution >= 0.6 is 0 Å². The number of nitrogens with zero attached hydrogens (tertiary/aromatic N) is 3. The number of para-hydroxylation sites is 1.